The van der Waals surface area contributed by atoms with Crippen molar-refractivity contribution in [2.75, 3.05) is 20.7 Å². The Balaban J connectivity index is 1.68. The van der Waals surface area contributed by atoms with Gasteiger partial charge in [-0.2, -0.15) is 0 Å². The van der Waals surface area contributed by atoms with Crippen molar-refractivity contribution < 1.29 is 4.74 Å². The van der Waals surface area contributed by atoms with E-state index in [1.54, 1.807) is 0 Å². The lowest BCUT2D eigenvalue weighted by Crippen LogP contribution is -2.48. The van der Waals surface area contributed by atoms with E-state index in [2.05, 4.69) is 68.8 Å². The minimum atomic E-state index is -1.54. The van der Waals surface area contributed by atoms with Gasteiger partial charge in [0.05, 0.1) is 6.61 Å². The summed E-state index contributed by atoms with van der Waals surface area (Å²) in [5, 5.41) is 2.76. The summed E-state index contributed by atoms with van der Waals surface area (Å²) in [6, 6.07) is 8.10. The van der Waals surface area contributed by atoms with Crippen molar-refractivity contribution in [3.8, 4) is 0 Å². The molecule has 0 saturated heterocycles. The summed E-state index contributed by atoms with van der Waals surface area (Å²) in [7, 11) is 3.03. The van der Waals surface area contributed by atoms with Gasteiger partial charge in [0.25, 0.3) is 0 Å². The topological polar surface area (TPSA) is 41.1 Å². The fraction of sp³-hybridized carbons (Fsp3) is 0.741. The molecule has 0 radical (unpaired) electrons. The second kappa shape index (κ2) is 11.3. The lowest BCUT2D eigenvalue weighted by atomic mass is 9.73. The van der Waals surface area contributed by atoms with Crippen LogP contribution >= 0.6 is 0 Å². The number of nitrogens with zero attached hydrogens (tertiary/aromatic N) is 2. The predicted octanol–water partition coefficient (Wildman–Crippen LogP) is 6.48. The lowest BCUT2D eigenvalue weighted by molar-refractivity contribution is 0.0260. The van der Waals surface area contributed by atoms with E-state index in [0.717, 1.165) is 18.9 Å². The van der Waals surface area contributed by atoms with Crippen LogP contribution in [-0.4, -0.2) is 49.2 Å². The SMILES string of the molecule is CCCCC1(N(C)C)CCC(COCc2c([Si](CC)(CC)CC)[nH]c3ncccc23)CC1. The van der Waals surface area contributed by atoms with E-state index >= 15 is 0 Å². The highest BCUT2D eigenvalue weighted by Crippen LogP contribution is 2.39. The lowest BCUT2D eigenvalue weighted by Gasteiger charge is -2.45. The highest BCUT2D eigenvalue weighted by molar-refractivity contribution is 6.91. The van der Waals surface area contributed by atoms with Crippen LogP contribution in [0.3, 0.4) is 0 Å². The molecule has 0 bridgehead atoms. The van der Waals surface area contributed by atoms with Gasteiger partial charge in [-0.15, -0.1) is 0 Å². The first kappa shape index (κ1) is 25.4. The van der Waals surface area contributed by atoms with E-state index in [-0.39, 0.29) is 0 Å². The minimum absolute atomic E-state index is 0.413. The summed E-state index contributed by atoms with van der Waals surface area (Å²) < 4.78 is 6.47. The molecule has 1 aliphatic carbocycles. The van der Waals surface area contributed by atoms with Gasteiger partial charge in [0, 0.05) is 34.6 Å². The van der Waals surface area contributed by atoms with Gasteiger partial charge >= 0.3 is 0 Å². The van der Waals surface area contributed by atoms with Gasteiger partial charge in [-0.3, -0.25) is 0 Å². The van der Waals surface area contributed by atoms with Gasteiger partial charge in [-0.1, -0.05) is 58.7 Å². The first-order valence-electron chi connectivity index (χ1n) is 13.2. The van der Waals surface area contributed by atoms with Crippen molar-refractivity contribution in [1.29, 1.82) is 0 Å². The molecule has 0 amide bonds. The Morgan fingerprint density at radius 2 is 1.81 bits per heavy atom. The fourth-order valence-corrected chi connectivity index (χ4v) is 9.89. The third-order valence-electron chi connectivity index (χ3n) is 8.82. The molecule has 2 heterocycles. The van der Waals surface area contributed by atoms with E-state index in [1.807, 2.05) is 6.20 Å². The number of pyridine rings is 1. The molecule has 0 atom stereocenters. The van der Waals surface area contributed by atoms with Gasteiger partial charge in [0.1, 0.15) is 13.7 Å². The molecule has 5 heteroatoms. The Labute approximate surface area is 197 Å². The average Bonchev–Trinajstić information content (AvgIpc) is 3.19. The molecule has 180 valence electrons. The minimum Gasteiger partial charge on any atom is -0.376 e. The second-order valence-electron chi connectivity index (χ2n) is 10.4. The molecular formula is C27H47N3OSi. The first-order valence-corrected chi connectivity index (χ1v) is 15.8. The monoisotopic (exact) mass is 457 g/mol. The maximum Gasteiger partial charge on any atom is 0.137 e. The van der Waals surface area contributed by atoms with Crippen molar-refractivity contribution in [3.05, 3.63) is 23.9 Å². The van der Waals surface area contributed by atoms with E-state index < -0.39 is 8.07 Å². The summed E-state index contributed by atoms with van der Waals surface area (Å²) in [6.45, 7) is 11.1. The number of ether oxygens (including phenoxy) is 1. The third-order valence-corrected chi connectivity index (χ3v) is 14.4. The van der Waals surface area contributed by atoms with Crippen LogP contribution in [0.15, 0.2) is 18.3 Å². The van der Waals surface area contributed by atoms with Crippen molar-refractivity contribution in [2.24, 2.45) is 5.92 Å². The molecule has 1 aliphatic rings. The molecule has 32 heavy (non-hydrogen) atoms. The Hall–Kier alpha value is -1.17. The Bertz CT molecular complexity index is 826. The predicted molar refractivity (Wildman–Crippen MR) is 140 cm³/mol. The molecule has 0 aromatic carbocycles. The van der Waals surface area contributed by atoms with Crippen molar-refractivity contribution in [3.63, 3.8) is 0 Å². The molecule has 3 rings (SSSR count). The van der Waals surface area contributed by atoms with E-state index in [9.17, 15) is 0 Å². The molecule has 1 saturated carbocycles. The van der Waals surface area contributed by atoms with Crippen LogP contribution < -0.4 is 5.32 Å². The number of unbranched alkanes of at least 4 members (excludes halogenated alkanes) is 1. The van der Waals surface area contributed by atoms with Crippen molar-refractivity contribution in [1.82, 2.24) is 14.9 Å². The van der Waals surface area contributed by atoms with Crippen molar-refractivity contribution in [2.45, 2.75) is 103 Å². The quantitative estimate of drug-likeness (QED) is 0.371. The largest absolute Gasteiger partial charge is 0.376 e. The summed E-state index contributed by atoms with van der Waals surface area (Å²) in [6.07, 6.45) is 11.1. The fourth-order valence-electron chi connectivity index (χ4n) is 6.10. The standard InChI is InChI=1S/C27H47N3OSi/c1-7-11-16-27(30(5)6)17-14-22(15-18-27)20-31-21-24-23-13-12-19-28-25(23)29-26(24)32(8-2,9-3)10-4/h12-13,19,22H,7-11,14-18,20-21H2,1-6H3,(H,28,29). The number of hydrogen-bond donors (Lipinski definition) is 1. The highest BCUT2D eigenvalue weighted by atomic mass is 28.3. The molecular weight excluding hydrogens is 410 g/mol. The van der Waals surface area contributed by atoms with Crippen LogP contribution in [0, 0.1) is 5.92 Å². The van der Waals surface area contributed by atoms with E-state index in [1.165, 1.54) is 79.3 Å². The Morgan fingerprint density at radius 1 is 1.12 bits per heavy atom. The number of nitrogens with one attached hydrogen (secondary N) is 1. The normalized spacial score (nSPS) is 22.2. The maximum absolute atomic E-state index is 6.47. The summed E-state index contributed by atoms with van der Waals surface area (Å²) in [5.41, 5.74) is 2.85. The molecule has 2 aromatic rings. The molecule has 1 N–H and O–H groups in total. The summed E-state index contributed by atoms with van der Waals surface area (Å²) in [4.78, 5) is 10.9. The molecule has 4 nitrogen and oxygen atoms in total. The van der Waals surface area contributed by atoms with Crippen LogP contribution in [-0.2, 0) is 11.3 Å². The van der Waals surface area contributed by atoms with Gasteiger partial charge in [0.2, 0.25) is 0 Å². The number of aromatic nitrogens is 2. The van der Waals surface area contributed by atoms with Crippen LogP contribution in [0.4, 0.5) is 0 Å². The summed E-state index contributed by atoms with van der Waals surface area (Å²) in [5.74, 6) is 0.696. The Morgan fingerprint density at radius 3 is 2.41 bits per heavy atom. The molecule has 0 spiro atoms. The van der Waals surface area contributed by atoms with Crippen molar-refractivity contribution >= 4 is 24.4 Å². The smallest absolute Gasteiger partial charge is 0.137 e. The highest BCUT2D eigenvalue weighted by Gasteiger charge is 2.37. The first-order chi connectivity index (χ1) is 15.4. The zero-order chi connectivity index (χ0) is 23.2. The van der Waals surface area contributed by atoms with Crippen LogP contribution in [0.25, 0.3) is 11.0 Å². The average molecular weight is 458 g/mol. The molecule has 1 fully saturated rings. The van der Waals surface area contributed by atoms with Gasteiger partial charge in [0.15, 0.2) is 0 Å². The Kier molecular flexibility index (Phi) is 8.99. The number of hydrogen-bond acceptors (Lipinski definition) is 3. The molecule has 2 aromatic heterocycles. The number of aromatic amines is 1. The molecule has 0 aliphatic heterocycles. The van der Waals surface area contributed by atoms with Gasteiger partial charge < -0.3 is 14.6 Å². The van der Waals surface area contributed by atoms with E-state index in [0.29, 0.717) is 11.5 Å². The van der Waals surface area contributed by atoms with Crippen LogP contribution in [0.2, 0.25) is 18.1 Å². The molecule has 0 unspecified atom stereocenters. The maximum atomic E-state index is 6.47. The second-order valence-corrected chi connectivity index (χ2v) is 15.6. The zero-order valence-electron chi connectivity index (χ0n) is 21.6. The zero-order valence-corrected chi connectivity index (χ0v) is 22.6. The van der Waals surface area contributed by atoms with Gasteiger partial charge in [-0.05, 0) is 64.3 Å². The van der Waals surface area contributed by atoms with Gasteiger partial charge in [-0.25, -0.2) is 4.98 Å². The summed E-state index contributed by atoms with van der Waals surface area (Å²) >= 11 is 0. The van der Waals surface area contributed by atoms with E-state index in [4.69, 9.17) is 4.74 Å². The van der Waals surface area contributed by atoms with Crippen LogP contribution in [0.5, 0.6) is 0 Å². The number of rotatable bonds is 12. The third kappa shape index (κ3) is 5.15. The van der Waals surface area contributed by atoms with Crippen LogP contribution in [0.1, 0.15) is 78.2 Å². The number of fused-ring (bicyclic) bond motifs is 1. The number of H-pyrrole nitrogens is 1.